The standard InChI is InChI=1S/C9H16N2O2/c1-3-12-5-8-9-6-13-4-2-11(9)7-10(1)8/h8-9H,1-7H2/t8-,9-/m1/s1. The highest BCUT2D eigenvalue weighted by Crippen LogP contribution is 2.25. The summed E-state index contributed by atoms with van der Waals surface area (Å²) in [6.07, 6.45) is 0. The summed E-state index contributed by atoms with van der Waals surface area (Å²) >= 11 is 0. The van der Waals surface area contributed by atoms with Crippen molar-refractivity contribution in [2.45, 2.75) is 12.1 Å². The molecule has 0 aromatic heterocycles. The monoisotopic (exact) mass is 184 g/mol. The van der Waals surface area contributed by atoms with Crippen LogP contribution in [0.3, 0.4) is 0 Å². The van der Waals surface area contributed by atoms with Crippen molar-refractivity contribution in [1.82, 2.24) is 9.80 Å². The quantitative estimate of drug-likeness (QED) is 0.500. The SMILES string of the molecule is C1CN2CN3CCOC[C@@H]3[C@H]2CO1. The van der Waals surface area contributed by atoms with E-state index in [0.717, 1.165) is 46.2 Å². The van der Waals surface area contributed by atoms with E-state index in [-0.39, 0.29) is 0 Å². The van der Waals surface area contributed by atoms with E-state index in [1.165, 1.54) is 0 Å². The lowest BCUT2D eigenvalue weighted by atomic mass is 10.1. The Labute approximate surface area is 78.4 Å². The van der Waals surface area contributed by atoms with Gasteiger partial charge in [-0.05, 0) is 0 Å². The third-order valence-corrected chi connectivity index (χ3v) is 3.37. The zero-order valence-corrected chi connectivity index (χ0v) is 7.82. The van der Waals surface area contributed by atoms with Gasteiger partial charge in [0.1, 0.15) is 0 Å². The van der Waals surface area contributed by atoms with Crippen LogP contribution in [0.4, 0.5) is 0 Å². The molecule has 0 spiro atoms. The van der Waals surface area contributed by atoms with Gasteiger partial charge in [0.2, 0.25) is 0 Å². The Hall–Kier alpha value is -0.160. The zero-order valence-electron chi connectivity index (χ0n) is 7.82. The first-order chi connectivity index (χ1) is 6.45. The molecule has 4 heteroatoms. The van der Waals surface area contributed by atoms with Crippen LogP contribution in [0.1, 0.15) is 0 Å². The van der Waals surface area contributed by atoms with E-state index in [4.69, 9.17) is 9.47 Å². The minimum atomic E-state index is 0.592. The number of morpholine rings is 2. The summed E-state index contributed by atoms with van der Waals surface area (Å²) in [5.41, 5.74) is 0. The second-order valence-corrected chi connectivity index (χ2v) is 4.05. The van der Waals surface area contributed by atoms with Gasteiger partial charge >= 0.3 is 0 Å². The van der Waals surface area contributed by atoms with Gasteiger partial charge in [0.05, 0.1) is 45.2 Å². The van der Waals surface area contributed by atoms with Crippen LogP contribution in [-0.2, 0) is 9.47 Å². The van der Waals surface area contributed by atoms with Crippen LogP contribution in [0, 0.1) is 0 Å². The van der Waals surface area contributed by atoms with E-state index in [2.05, 4.69) is 9.80 Å². The van der Waals surface area contributed by atoms with E-state index in [0.29, 0.717) is 12.1 Å². The third kappa shape index (κ3) is 1.29. The Morgan fingerprint density at radius 2 is 1.38 bits per heavy atom. The van der Waals surface area contributed by atoms with Crippen molar-refractivity contribution in [3.8, 4) is 0 Å². The number of rotatable bonds is 0. The summed E-state index contributed by atoms with van der Waals surface area (Å²) in [4.78, 5) is 5.06. The lowest BCUT2D eigenvalue weighted by Crippen LogP contribution is -2.49. The Morgan fingerprint density at radius 1 is 0.846 bits per heavy atom. The predicted octanol–water partition coefficient (Wildman–Crippen LogP) is -0.641. The second kappa shape index (κ2) is 3.20. The van der Waals surface area contributed by atoms with Crippen molar-refractivity contribution in [2.24, 2.45) is 0 Å². The second-order valence-electron chi connectivity index (χ2n) is 4.05. The predicted molar refractivity (Wildman–Crippen MR) is 47.5 cm³/mol. The van der Waals surface area contributed by atoms with E-state index >= 15 is 0 Å². The number of ether oxygens (including phenoxy) is 2. The van der Waals surface area contributed by atoms with Gasteiger partial charge in [0, 0.05) is 13.1 Å². The lowest BCUT2D eigenvalue weighted by molar-refractivity contribution is -0.0167. The van der Waals surface area contributed by atoms with Gasteiger partial charge in [-0.2, -0.15) is 0 Å². The van der Waals surface area contributed by atoms with Gasteiger partial charge in [-0.15, -0.1) is 0 Å². The minimum Gasteiger partial charge on any atom is -0.378 e. The molecule has 0 aromatic rings. The molecule has 0 aromatic carbocycles. The Bertz CT molecular complexity index is 180. The van der Waals surface area contributed by atoms with Crippen molar-refractivity contribution in [2.75, 3.05) is 46.2 Å². The first-order valence-electron chi connectivity index (χ1n) is 5.09. The van der Waals surface area contributed by atoms with Crippen molar-refractivity contribution in [3.05, 3.63) is 0 Å². The van der Waals surface area contributed by atoms with Gasteiger partial charge in [-0.3, -0.25) is 9.80 Å². The van der Waals surface area contributed by atoms with Crippen LogP contribution in [0.5, 0.6) is 0 Å². The summed E-state index contributed by atoms with van der Waals surface area (Å²) in [7, 11) is 0. The number of nitrogens with zero attached hydrogens (tertiary/aromatic N) is 2. The van der Waals surface area contributed by atoms with Crippen LogP contribution in [0.25, 0.3) is 0 Å². The Morgan fingerprint density at radius 3 is 1.92 bits per heavy atom. The highest BCUT2D eigenvalue weighted by atomic mass is 16.5. The molecule has 0 N–H and O–H groups in total. The molecule has 3 aliphatic heterocycles. The number of hydrogen-bond acceptors (Lipinski definition) is 4. The summed E-state index contributed by atoms with van der Waals surface area (Å²) in [6.45, 7) is 6.91. The van der Waals surface area contributed by atoms with Crippen LogP contribution < -0.4 is 0 Å². The summed E-state index contributed by atoms with van der Waals surface area (Å²) in [5, 5.41) is 0. The van der Waals surface area contributed by atoms with Crippen molar-refractivity contribution in [3.63, 3.8) is 0 Å². The fourth-order valence-corrected chi connectivity index (χ4v) is 2.61. The molecule has 3 heterocycles. The average molecular weight is 184 g/mol. The number of hydrogen-bond donors (Lipinski definition) is 0. The van der Waals surface area contributed by atoms with E-state index < -0.39 is 0 Å². The molecule has 3 saturated heterocycles. The van der Waals surface area contributed by atoms with E-state index in [1.54, 1.807) is 0 Å². The molecule has 3 rings (SSSR count). The van der Waals surface area contributed by atoms with Crippen LogP contribution in [-0.4, -0.2) is 68.1 Å². The molecular formula is C9H16N2O2. The van der Waals surface area contributed by atoms with Crippen LogP contribution in [0.15, 0.2) is 0 Å². The molecule has 3 aliphatic rings. The third-order valence-electron chi connectivity index (χ3n) is 3.37. The molecule has 0 aliphatic carbocycles. The average Bonchev–Trinajstić information content (AvgIpc) is 2.56. The normalized spacial score (nSPS) is 41.5. The topological polar surface area (TPSA) is 24.9 Å². The highest BCUT2D eigenvalue weighted by molar-refractivity contribution is 4.95. The Balaban J connectivity index is 1.76. The van der Waals surface area contributed by atoms with Gasteiger partial charge in [0.15, 0.2) is 0 Å². The van der Waals surface area contributed by atoms with Gasteiger partial charge < -0.3 is 9.47 Å². The van der Waals surface area contributed by atoms with Crippen LogP contribution >= 0.6 is 0 Å². The molecule has 2 atom stereocenters. The Kier molecular flexibility index (Phi) is 2.01. The minimum absolute atomic E-state index is 0.592. The largest absolute Gasteiger partial charge is 0.378 e. The summed E-state index contributed by atoms with van der Waals surface area (Å²) < 4.78 is 11.0. The molecule has 13 heavy (non-hydrogen) atoms. The fourth-order valence-electron chi connectivity index (χ4n) is 2.61. The zero-order chi connectivity index (χ0) is 8.67. The summed E-state index contributed by atoms with van der Waals surface area (Å²) in [5.74, 6) is 0. The van der Waals surface area contributed by atoms with Gasteiger partial charge in [0.25, 0.3) is 0 Å². The van der Waals surface area contributed by atoms with Crippen LogP contribution in [0.2, 0.25) is 0 Å². The highest BCUT2D eigenvalue weighted by Gasteiger charge is 2.42. The first-order valence-corrected chi connectivity index (χ1v) is 5.09. The van der Waals surface area contributed by atoms with Crippen molar-refractivity contribution >= 4 is 0 Å². The maximum Gasteiger partial charge on any atom is 0.0639 e. The van der Waals surface area contributed by atoms with Crippen molar-refractivity contribution < 1.29 is 9.47 Å². The molecule has 0 bridgehead atoms. The molecule has 0 saturated carbocycles. The molecule has 0 radical (unpaired) electrons. The lowest BCUT2D eigenvalue weighted by Gasteiger charge is -2.33. The van der Waals surface area contributed by atoms with Gasteiger partial charge in [-0.1, -0.05) is 0 Å². The molecule has 3 fully saturated rings. The summed E-state index contributed by atoms with van der Waals surface area (Å²) in [6, 6.07) is 1.18. The molecule has 0 unspecified atom stereocenters. The maximum absolute atomic E-state index is 5.51. The van der Waals surface area contributed by atoms with Gasteiger partial charge in [-0.25, -0.2) is 0 Å². The van der Waals surface area contributed by atoms with E-state index in [1.807, 2.05) is 0 Å². The number of fused-ring (bicyclic) bond motifs is 3. The molecule has 4 nitrogen and oxygen atoms in total. The maximum atomic E-state index is 5.51. The molecule has 0 amide bonds. The smallest absolute Gasteiger partial charge is 0.0639 e. The van der Waals surface area contributed by atoms with Crippen molar-refractivity contribution in [1.29, 1.82) is 0 Å². The molecular weight excluding hydrogens is 168 g/mol. The van der Waals surface area contributed by atoms with E-state index in [9.17, 15) is 0 Å². The first kappa shape index (κ1) is 8.17. The molecule has 74 valence electrons. The fraction of sp³-hybridized carbons (Fsp3) is 1.00.